The fourth-order valence-corrected chi connectivity index (χ4v) is 1.95. The van der Waals surface area contributed by atoms with Gasteiger partial charge >= 0.3 is 0 Å². The van der Waals surface area contributed by atoms with Crippen molar-refractivity contribution < 1.29 is 9.84 Å². The maximum absolute atomic E-state index is 8.84. The molecule has 2 rings (SSSR count). The lowest BCUT2D eigenvalue weighted by Gasteiger charge is -2.23. The molecule has 1 saturated carbocycles. The van der Waals surface area contributed by atoms with Crippen LogP contribution >= 0.6 is 0 Å². The second-order valence-electron chi connectivity index (χ2n) is 3.45. The van der Waals surface area contributed by atoms with Gasteiger partial charge in [0.2, 0.25) is 0 Å². The summed E-state index contributed by atoms with van der Waals surface area (Å²) in [6, 6.07) is 0. The van der Waals surface area contributed by atoms with E-state index in [2.05, 4.69) is 0 Å². The summed E-state index contributed by atoms with van der Waals surface area (Å²) in [5.41, 5.74) is 0.146. The maximum atomic E-state index is 8.84. The smallest absolute Gasteiger partial charge is 0.0738 e. The SMILES string of the molecule is OC[C@H]1C[C@]12CCCCO2. The van der Waals surface area contributed by atoms with Gasteiger partial charge in [0.1, 0.15) is 0 Å². The van der Waals surface area contributed by atoms with Crippen molar-refractivity contribution in [2.45, 2.75) is 31.3 Å². The molecule has 2 atom stereocenters. The number of hydrogen-bond acceptors (Lipinski definition) is 2. The van der Waals surface area contributed by atoms with Gasteiger partial charge in [0.15, 0.2) is 0 Å². The Balaban J connectivity index is 1.92. The van der Waals surface area contributed by atoms with E-state index in [-0.39, 0.29) is 5.60 Å². The van der Waals surface area contributed by atoms with Crippen molar-refractivity contribution in [1.29, 1.82) is 0 Å². The Kier molecular flexibility index (Phi) is 1.46. The normalized spacial score (nSPS) is 45.9. The predicted molar refractivity (Wildman–Crippen MR) is 37.7 cm³/mol. The first kappa shape index (κ1) is 6.62. The predicted octanol–water partition coefficient (Wildman–Crippen LogP) is 0.938. The number of aliphatic hydroxyl groups is 1. The zero-order valence-electron chi connectivity index (χ0n) is 6.18. The molecule has 1 heterocycles. The van der Waals surface area contributed by atoms with Gasteiger partial charge in [-0.25, -0.2) is 0 Å². The monoisotopic (exact) mass is 142 g/mol. The van der Waals surface area contributed by atoms with Crippen molar-refractivity contribution >= 4 is 0 Å². The molecule has 1 saturated heterocycles. The van der Waals surface area contributed by atoms with Gasteiger partial charge in [-0.05, 0) is 25.7 Å². The first-order valence-corrected chi connectivity index (χ1v) is 4.12. The van der Waals surface area contributed by atoms with Crippen molar-refractivity contribution in [1.82, 2.24) is 0 Å². The summed E-state index contributed by atoms with van der Waals surface area (Å²) in [6.45, 7) is 1.23. The van der Waals surface area contributed by atoms with Crippen LogP contribution in [0.5, 0.6) is 0 Å². The molecular weight excluding hydrogens is 128 g/mol. The van der Waals surface area contributed by atoms with Gasteiger partial charge in [-0.15, -0.1) is 0 Å². The molecule has 1 aliphatic carbocycles. The first-order chi connectivity index (χ1) is 4.87. The minimum atomic E-state index is 0.146. The van der Waals surface area contributed by atoms with Gasteiger partial charge in [0.05, 0.1) is 5.60 Å². The molecule has 1 aliphatic heterocycles. The molecule has 0 aromatic rings. The standard InChI is InChI=1S/C8H14O2/c9-6-7-5-8(7)3-1-2-4-10-8/h7,9H,1-6H2/t7-,8-/m1/s1. The van der Waals surface area contributed by atoms with Crippen LogP contribution in [0.1, 0.15) is 25.7 Å². The highest BCUT2D eigenvalue weighted by Crippen LogP contribution is 2.51. The van der Waals surface area contributed by atoms with Crippen molar-refractivity contribution in [2.24, 2.45) is 5.92 Å². The Labute approximate surface area is 61.2 Å². The molecule has 0 bridgehead atoms. The van der Waals surface area contributed by atoms with E-state index in [9.17, 15) is 0 Å². The van der Waals surface area contributed by atoms with Crippen LogP contribution in [-0.2, 0) is 4.74 Å². The number of rotatable bonds is 1. The van der Waals surface area contributed by atoms with E-state index < -0.39 is 0 Å². The Morgan fingerprint density at radius 2 is 2.40 bits per heavy atom. The summed E-state index contributed by atoms with van der Waals surface area (Å²) in [4.78, 5) is 0. The number of aliphatic hydroxyl groups excluding tert-OH is 1. The Bertz CT molecular complexity index is 127. The van der Waals surface area contributed by atoms with Gasteiger partial charge in [-0.1, -0.05) is 0 Å². The first-order valence-electron chi connectivity index (χ1n) is 4.12. The molecule has 0 unspecified atom stereocenters. The third-order valence-corrected chi connectivity index (χ3v) is 2.78. The van der Waals surface area contributed by atoms with E-state index in [0.29, 0.717) is 12.5 Å². The van der Waals surface area contributed by atoms with E-state index in [4.69, 9.17) is 9.84 Å². The molecule has 0 aromatic heterocycles. The van der Waals surface area contributed by atoms with Crippen LogP contribution in [0.25, 0.3) is 0 Å². The van der Waals surface area contributed by atoms with Crippen molar-refractivity contribution in [3.8, 4) is 0 Å². The summed E-state index contributed by atoms with van der Waals surface area (Å²) in [5, 5.41) is 8.84. The Hall–Kier alpha value is -0.0800. The van der Waals surface area contributed by atoms with Gasteiger partial charge in [0.25, 0.3) is 0 Å². The van der Waals surface area contributed by atoms with Gasteiger partial charge < -0.3 is 9.84 Å². The third kappa shape index (κ3) is 0.867. The second kappa shape index (κ2) is 2.21. The largest absolute Gasteiger partial charge is 0.396 e. The second-order valence-corrected chi connectivity index (χ2v) is 3.45. The van der Waals surface area contributed by atoms with Crippen molar-refractivity contribution in [3.05, 3.63) is 0 Å². The van der Waals surface area contributed by atoms with E-state index in [0.717, 1.165) is 13.0 Å². The van der Waals surface area contributed by atoms with Crippen molar-refractivity contribution in [2.75, 3.05) is 13.2 Å². The summed E-state index contributed by atoms with van der Waals surface area (Å²) >= 11 is 0. The molecular formula is C8H14O2. The fraction of sp³-hybridized carbons (Fsp3) is 1.00. The lowest BCUT2D eigenvalue weighted by Crippen LogP contribution is -2.23. The lowest BCUT2D eigenvalue weighted by atomic mass is 10.1. The van der Waals surface area contributed by atoms with Crippen LogP contribution in [0.4, 0.5) is 0 Å². The van der Waals surface area contributed by atoms with E-state index in [1.165, 1.54) is 19.3 Å². The molecule has 0 aromatic carbocycles. The van der Waals surface area contributed by atoms with Gasteiger partial charge in [0, 0.05) is 19.1 Å². The Morgan fingerprint density at radius 1 is 1.50 bits per heavy atom. The highest BCUT2D eigenvalue weighted by Gasteiger charge is 2.55. The van der Waals surface area contributed by atoms with Crippen LogP contribution in [-0.4, -0.2) is 23.9 Å². The maximum Gasteiger partial charge on any atom is 0.0738 e. The lowest BCUT2D eigenvalue weighted by molar-refractivity contribution is -0.0211. The topological polar surface area (TPSA) is 29.5 Å². The van der Waals surface area contributed by atoms with Crippen LogP contribution in [0, 0.1) is 5.92 Å². The molecule has 58 valence electrons. The molecule has 0 amide bonds. The van der Waals surface area contributed by atoms with Crippen LogP contribution in [0.2, 0.25) is 0 Å². The molecule has 10 heavy (non-hydrogen) atoms. The fourth-order valence-electron chi connectivity index (χ4n) is 1.95. The Morgan fingerprint density at radius 3 is 2.90 bits per heavy atom. The molecule has 0 radical (unpaired) electrons. The van der Waals surface area contributed by atoms with Gasteiger partial charge in [-0.3, -0.25) is 0 Å². The molecule has 2 aliphatic rings. The summed E-state index contributed by atoms with van der Waals surface area (Å²) in [5.74, 6) is 0.466. The molecule has 2 fully saturated rings. The average molecular weight is 142 g/mol. The highest BCUT2D eigenvalue weighted by molar-refractivity contribution is 5.05. The molecule has 2 heteroatoms. The average Bonchev–Trinajstić information content (AvgIpc) is 2.65. The quantitative estimate of drug-likeness (QED) is 0.590. The zero-order valence-corrected chi connectivity index (χ0v) is 6.18. The van der Waals surface area contributed by atoms with E-state index in [1.54, 1.807) is 0 Å². The summed E-state index contributed by atoms with van der Waals surface area (Å²) in [6.07, 6.45) is 4.78. The van der Waals surface area contributed by atoms with Crippen molar-refractivity contribution in [3.63, 3.8) is 0 Å². The summed E-state index contributed by atoms with van der Waals surface area (Å²) < 4.78 is 5.62. The summed E-state index contributed by atoms with van der Waals surface area (Å²) in [7, 11) is 0. The van der Waals surface area contributed by atoms with Crippen LogP contribution < -0.4 is 0 Å². The van der Waals surface area contributed by atoms with Crippen LogP contribution in [0.3, 0.4) is 0 Å². The molecule has 1 N–H and O–H groups in total. The molecule has 1 spiro atoms. The minimum Gasteiger partial charge on any atom is -0.396 e. The minimum absolute atomic E-state index is 0.146. The van der Waals surface area contributed by atoms with E-state index >= 15 is 0 Å². The number of hydrogen-bond donors (Lipinski definition) is 1. The number of ether oxygens (including phenoxy) is 1. The highest BCUT2D eigenvalue weighted by atomic mass is 16.5. The third-order valence-electron chi connectivity index (χ3n) is 2.78. The molecule has 2 nitrogen and oxygen atoms in total. The van der Waals surface area contributed by atoms with Crippen LogP contribution in [0.15, 0.2) is 0 Å². The van der Waals surface area contributed by atoms with Gasteiger partial charge in [-0.2, -0.15) is 0 Å². The zero-order chi connectivity index (χ0) is 7.03. The van der Waals surface area contributed by atoms with E-state index in [1.807, 2.05) is 0 Å².